The van der Waals surface area contributed by atoms with Gasteiger partial charge in [-0.2, -0.15) is 13.2 Å². The predicted molar refractivity (Wildman–Crippen MR) is 38.7 cm³/mol. The fraction of sp³-hybridized carbons (Fsp3) is 1.00. The van der Waals surface area contributed by atoms with Gasteiger partial charge in [-0.3, -0.25) is 0 Å². The van der Waals surface area contributed by atoms with Crippen LogP contribution in [-0.4, -0.2) is 18.8 Å². The summed E-state index contributed by atoms with van der Waals surface area (Å²) < 4.78 is 37.9. The van der Waals surface area contributed by atoms with E-state index in [1.54, 1.807) is 0 Å². The maximum absolute atomic E-state index is 12.6. The van der Waals surface area contributed by atoms with Crippen LogP contribution in [-0.2, 0) is 0 Å². The molecule has 3 atom stereocenters. The maximum Gasteiger partial charge on any atom is 0.406 e. The van der Waals surface area contributed by atoms with E-state index in [1.165, 1.54) is 7.05 Å². The first-order valence-corrected chi connectivity index (χ1v) is 4.27. The van der Waals surface area contributed by atoms with Gasteiger partial charge in [0.25, 0.3) is 0 Å². The molecule has 70 valence electrons. The average molecular weight is 179 g/mol. The van der Waals surface area contributed by atoms with Crippen molar-refractivity contribution in [2.45, 2.75) is 31.0 Å². The van der Waals surface area contributed by atoms with Gasteiger partial charge in [-0.05, 0) is 38.1 Å². The van der Waals surface area contributed by atoms with Crippen LogP contribution in [0.1, 0.15) is 19.3 Å². The summed E-state index contributed by atoms with van der Waals surface area (Å²) >= 11 is 0. The predicted octanol–water partition coefficient (Wildman–Crippen LogP) is 1.94. The van der Waals surface area contributed by atoms with Gasteiger partial charge in [-0.15, -0.1) is 0 Å². The molecule has 0 aromatic heterocycles. The van der Waals surface area contributed by atoms with Crippen LogP contribution in [0.5, 0.6) is 0 Å². The molecule has 0 aromatic carbocycles. The molecule has 2 fully saturated rings. The number of fused-ring (bicyclic) bond motifs is 1. The largest absolute Gasteiger partial charge is 0.406 e. The first-order valence-electron chi connectivity index (χ1n) is 4.27. The zero-order valence-electron chi connectivity index (χ0n) is 6.91. The summed E-state index contributed by atoms with van der Waals surface area (Å²) in [6.07, 6.45) is -2.30. The molecule has 0 saturated heterocycles. The highest BCUT2D eigenvalue weighted by Gasteiger charge is 2.68. The molecule has 2 aliphatic carbocycles. The molecule has 4 heteroatoms. The highest BCUT2D eigenvalue weighted by atomic mass is 19.4. The third kappa shape index (κ3) is 0.843. The summed E-state index contributed by atoms with van der Waals surface area (Å²) in [6, 6.07) is 0. The van der Waals surface area contributed by atoms with Crippen molar-refractivity contribution in [2.24, 2.45) is 11.8 Å². The molecule has 2 aliphatic rings. The quantitative estimate of drug-likeness (QED) is 0.648. The first-order chi connectivity index (χ1) is 5.51. The van der Waals surface area contributed by atoms with E-state index in [2.05, 4.69) is 5.32 Å². The Hall–Kier alpha value is -0.250. The minimum absolute atomic E-state index is 0.137. The van der Waals surface area contributed by atoms with Crippen molar-refractivity contribution >= 4 is 0 Å². The lowest BCUT2D eigenvalue weighted by atomic mass is 9.92. The van der Waals surface area contributed by atoms with Crippen LogP contribution in [0.4, 0.5) is 13.2 Å². The number of rotatable bonds is 1. The van der Waals surface area contributed by atoms with E-state index in [-0.39, 0.29) is 12.3 Å². The second-order valence-electron chi connectivity index (χ2n) is 3.86. The fourth-order valence-electron chi connectivity index (χ4n) is 2.57. The van der Waals surface area contributed by atoms with E-state index < -0.39 is 11.7 Å². The van der Waals surface area contributed by atoms with Crippen molar-refractivity contribution in [1.29, 1.82) is 0 Å². The molecule has 2 saturated carbocycles. The molecule has 0 aliphatic heterocycles. The second kappa shape index (κ2) is 2.16. The van der Waals surface area contributed by atoms with Crippen LogP contribution in [0.3, 0.4) is 0 Å². The Kier molecular flexibility index (Phi) is 1.50. The Morgan fingerprint density at radius 1 is 1.42 bits per heavy atom. The first kappa shape index (κ1) is 8.35. The van der Waals surface area contributed by atoms with Gasteiger partial charge in [0.2, 0.25) is 0 Å². The normalized spacial score (nSPS) is 46.0. The zero-order valence-corrected chi connectivity index (χ0v) is 6.91. The molecule has 1 N–H and O–H groups in total. The van der Waals surface area contributed by atoms with Crippen molar-refractivity contribution in [3.05, 3.63) is 0 Å². The molecule has 0 bridgehead atoms. The van der Waals surface area contributed by atoms with E-state index >= 15 is 0 Å². The van der Waals surface area contributed by atoms with Gasteiger partial charge in [0.1, 0.15) is 5.54 Å². The minimum atomic E-state index is -4.07. The Balaban J connectivity index is 2.25. The van der Waals surface area contributed by atoms with E-state index in [1.807, 2.05) is 0 Å². The summed E-state index contributed by atoms with van der Waals surface area (Å²) in [6.45, 7) is 0. The molecular formula is C8H12F3N. The zero-order chi connectivity index (χ0) is 8.98. The lowest BCUT2D eigenvalue weighted by molar-refractivity contribution is -0.199. The Morgan fingerprint density at radius 2 is 2.08 bits per heavy atom. The van der Waals surface area contributed by atoms with Crippen LogP contribution in [0.15, 0.2) is 0 Å². The van der Waals surface area contributed by atoms with Crippen molar-refractivity contribution in [3.8, 4) is 0 Å². The van der Waals surface area contributed by atoms with Crippen LogP contribution in [0, 0.1) is 11.8 Å². The summed E-state index contributed by atoms with van der Waals surface area (Å²) in [5.41, 5.74) is -1.54. The van der Waals surface area contributed by atoms with Gasteiger partial charge in [-0.25, -0.2) is 0 Å². The van der Waals surface area contributed by atoms with E-state index in [9.17, 15) is 13.2 Å². The molecule has 1 nitrogen and oxygen atoms in total. The third-order valence-electron chi connectivity index (χ3n) is 3.42. The number of halogens is 3. The van der Waals surface area contributed by atoms with Crippen LogP contribution < -0.4 is 5.32 Å². The summed E-state index contributed by atoms with van der Waals surface area (Å²) in [5.74, 6) is 0.210. The monoisotopic (exact) mass is 179 g/mol. The van der Waals surface area contributed by atoms with Crippen LogP contribution in [0.2, 0.25) is 0 Å². The standard InChI is InChI=1S/C8H12F3N/c1-12-7(8(9,10)11)3-2-5-4-6(5)7/h5-6,12H,2-4H2,1H3. The summed E-state index contributed by atoms with van der Waals surface area (Å²) in [4.78, 5) is 0. The van der Waals surface area contributed by atoms with Gasteiger partial charge in [-0.1, -0.05) is 0 Å². The van der Waals surface area contributed by atoms with Crippen molar-refractivity contribution in [3.63, 3.8) is 0 Å². The van der Waals surface area contributed by atoms with Crippen molar-refractivity contribution < 1.29 is 13.2 Å². The second-order valence-corrected chi connectivity index (χ2v) is 3.86. The number of nitrogens with one attached hydrogen (secondary N) is 1. The van der Waals surface area contributed by atoms with Gasteiger partial charge in [0, 0.05) is 0 Å². The van der Waals surface area contributed by atoms with E-state index in [0.29, 0.717) is 5.92 Å². The van der Waals surface area contributed by atoms with Gasteiger partial charge in [0.05, 0.1) is 0 Å². The smallest absolute Gasteiger partial charge is 0.306 e. The SMILES string of the molecule is CNC1(C(F)(F)F)CCC2CC21. The highest BCUT2D eigenvalue weighted by molar-refractivity contribution is 5.14. The molecule has 0 amide bonds. The maximum atomic E-state index is 12.6. The number of hydrogen-bond acceptors (Lipinski definition) is 1. The molecule has 0 spiro atoms. The Labute approximate surface area is 69.3 Å². The van der Waals surface area contributed by atoms with Gasteiger partial charge < -0.3 is 5.32 Å². The molecule has 3 unspecified atom stereocenters. The van der Waals surface area contributed by atoms with E-state index in [4.69, 9.17) is 0 Å². The van der Waals surface area contributed by atoms with Crippen LogP contribution >= 0.6 is 0 Å². The Morgan fingerprint density at radius 3 is 2.25 bits per heavy atom. The topological polar surface area (TPSA) is 12.0 Å². The minimum Gasteiger partial charge on any atom is -0.306 e. The van der Waals surface area contributed by atoms with Crippen molar-refractivity contribution in [2.75, 3.05) is 7.05 Å². The average Bonchev–Trinajstić information content (AvgIpc) is 2.63. The number of alkyl halides is 3. The molecule has 0 heterocycles. The number of hydrogen-bond donors (Lipinski definition) is 1. The third-order valence-corrected chi connectivity index (χ3v) is 3.42. The van der Waals surface area contributed by atoms with Crippen molar-refractivity contribution in [1.82, 2.24) is 5.32 Å². The van der Waals surface area contributed by atoms with Gasteiger partial charge in [0.15, 0.2) is 0 Å². The molecule has 12 heavy (non-hydrogen) atoms. The molecule has 0 aromatic rings. The van der Waals surface area contributed by atoms with Crippen LogP contribution in [0.25, 0.3) is 0 Å². The lowest BCUT2D eigenvalue weighted by Crippen LogP contribution is -2.55. The summed E-state index contributed by atoms with van der Waals surface area (Å²) in [5, 5.41) is 2.48. The molecular weight excluding hydrogens is 167 g/mol. The fourth-order valence-corrected chi connectivity index (χ4v) is 2.57. The lowest BCUT2D eigenvalue weighted by Gasteiger charge is -2.33. The van der Waals surface area contributed by atoms with E-state index in [0.717, 1.165) is 12.8 Å². The molecule has 2 rings (SSSR count). The molecule has 0 radical (unpaired) electrons. The summed E-state index contributed by atoms with van der Waals surface area (Å²) in [7, 11) is 1.42. The Bertz CT molecular complexity index is 201. The van der Waals surface area contributed by atoms with Gasteiger partial charge >= 0.3 is 6.18 Å². The highest BCUT2D eigenvalue weighted by Crippen LogP contribution is 2.62.